The predicted octanol–water partition coefficient (Wildman–Crippen LogP) is 5.51. The third-order valence-corrected chi connectivity index (χ3v) is 5.24. The van der Waals surface area contributed by atoms with Crippen LogP contribution in [0.25, 0.3) is 11.0 Å². The van der Waals surface area contributed by atoms with Crippen LogP contribution >= 0.6 is 27.5 Å². The van der Waals surface area contributed by atoms with Gasteiger partial charge in [0, 0.05) is 11.0 Å². The summed E-state index contributed by atoms with van der Waals surface area (Å²) in [6.45, 7) is 3.44. The maximum Gasteiger partial charge on any atom is 0.124 e. The van der Waals surface area contributed by atoms with Gasteiger partial charge in [0.2, 0.25) is 0 Å². The molecule has 20 heavy (non-hydrogen) atoms. The van der Waals surface area contributed by atoms with E-state index in [4.69, 9.17) is 11.6 Å². The number of halogens is 2. The molecule has 2 nitrogen and oxygen atoms in total. The Morgan fingerprint density at radius 3 is 2.75 bits per heavy atom. The minimum Gasteiger partial charge on any atom is -0.326 e. The second-order valence-electron chi connectivity index (χ2n) is 6.25. The van der Waals surface area contributed by atoms with E-state index in [-0.39, 0.29) is 0 Å². The number of benzene rings is 1. The highest BCUT2D eigenvalue weighted by molar-refractivity contribution is 9.10. The summed E-state index contributed by atoms with van der Waals surface area (Å²) in [5.41, 5.74) is 2.62. The van der Waals surface area contributed by atoms with Gasteiger partial charge in [0.15, 0.2) is 0 Å². The third kappa shape index (κ3) is 2.75. The molecule has 0 unspecified atom stereocenters. The summed E-state index contributed by atoms with van der Waals surface area (Å²) in [6, 6.07) is 6.26. The second-order valence-corrected chi connectivity index (χ2v) is 7.44. The van der Waals surface area contributed by atoms with Crippen molar-refractivity contribution in [3.8, 4) is 0 Å². The quantitative estimate of drug-likeness (QED) is 0.664. The zero-order valence-corrected chi connectivity index (χ0v) is 14.2. The van der Waals surface area contributed by atoms with Crippen molar-refractivity contribution in [1.29, 1.82) is 0 Å². The average molecular weight is 356 g/mol. The zero-order valence-electron chi connectivity index (χ0n) is 11.8. The maximum atomic E-state index is 6.11. The van der Waals surface area contributed by atoms with Gasteiger partial charge in [-0.15, -0.1) is 11.6 Å². The molecule has 3 rings (SSSR count). The van der Waals surface area contributed by atoms with Crippen molar-refractivity contribution in [1.82, 2.24) is 9.55 Å². The Balaban J connectivity index is 2.02. The van der Waals surface area contributed by atoms with Crippen molar-refractivity contribution < 1.29 is 0 Å². The van der Waals surface area contributed by atoms with E-state index >= 15 is 0 Å². The molecule has 0 bridgehead atoms. The fourth-order valence-electron chi connectivity index (χ4n) is 3.37. The third-order valence-electron chi connectivity index (χ3n) is 4.51. The standard InChI is InChI=1S/C16H20BrClN2/c1-16(7-3-2-4-8-16)11-20-14-9-12(17)5-6-13(14)19-15(20)10-18/h5-6,9H,2-4,7-8,10-11H2,1H3. The number of hydrogen-bond donors (Lipinski definition) is 0. The van der Waals surface area contributed by atoms with Crippen molar-refractivity contribution in [3.05, 3.63) is 28.5 Å². The van der Waals surface area contributed by atoms with E-state index < -0.39 is 0 Å². The van der Waals surface area contributed by atoms with Gasteiger partial charge >= 0.3 is 0 Å². The summed E-state index contributed by atoms with van der Waals surface area (Å²) in [7, 11) is 0. The normalized spacial score (nSPS) is 18.6. The predicted molar refractivity (Wildman–Crippen MR) is 88.2 cm³/mol. The summed E-state index contributed by atoms with van der Waals surface area (Å²) < 4.78 is 3.43. The molecule has 1 aromatic carbocycles. The van der Waals surface area contributed by atoms with Gasteiger partial charge in [-0.05, 0) is 36.5 Å². The van der Waals surface area contributed by atoms with Gasteiger partial charge in [-0.1, -0.05) is 42.1 Å². The molecule has 1 saturated carbocycles. The van der Waals surface area contributed by atoms with Crippen LogP contribution in [0, 0.1) is 5.41 Å². The lowest BCUT2D eigenvalue weighted by molar-refractivity contribution is 0.184. The lowest BCUT2D eigenvalue weighted by Crippen LogP contribution is -2.26. The summed E-state index contributed by atoms with van der Waals surface area (Å²) in [4.78, 5) is 4.68. The Morgan fingerprint density at radius 1 is 1.30 bits per heavy atom. The van der Waals surface area contributed by atoms with Crippen LogP contribution in [0.3, 0.4) is 0 Å². The number of alkyl halides is 1. The Morgan fingerprint density at radius 2 is 2.05 bits per heavy atom. The number of hydrogen-bond acceptors (Lipinski definition) is 1. The Labute approximate surface area is 133 Å². The highest BCUT2D eigenvalue weighted by Gasteiger charge is 2.28. The molecule has 4 heteroatoms. The van der Waals surface area contributed by atoms with Gasteiger partial charge in [0.25, 0.3) is 0 Å². The fraction of sp³-hybridized carbons (Fsp3) is 0.562. The summed E-state index contributed by atoms with van der Waals surface area (Å²) in [5, 5.41) is 0. The highest BCUT2D eigenvalue weighted by atomic mass is 79.9. The topological polar surface area (TPSA) is 17.8 Å². The minimum atomic E-state index is 0.384. The molecular formula is C16H20BrClN2. The molecule has 0 amide bonds. The van der Waals surface area contributed by atoms with Crippen LogP contribution in [0.1, 0.15) is 44.9 Å². The summed E-state index contributed by atoms with van der Waals surface area (Å²) in [6.07, 6.45) is 6.70. The second kappa shape index (κ2) is 5.69. The molecular weight excluding hydrogens is 336 g/mol. The number of rotatable bonds is 3. The molecule has 1 fully saturated rings. The molecule has 0 atom stereocenters. The Bertz CT molecular complexity index is 614. The van der Waals surface area contributed by atoms with Crippen LogP contribution in [-0.2, 0) is 12.4 Å². The van der Waals surface area contributed by atoms with Gasteiger partial charge in [-0.25, -0.2) is 4.98 Å². The Kier molecular flexibility index (Phi) is 4.09. The molecule has 2 aromatic rings. The largest absolute Gasteiger partial charge is 0.326 e. The maximum absolute atomic E-state index is 6.11. The summed E-state index contributed by atoms with van der Waals surface area (Å²) >= 11 is 9.67. The molecule has 1 aliphatic rings. The minimum absolute atomic E-state index is 0.384. The van der Waals surface area contributed by atoms with Crippen LogP contribution in [0.2, 0.25) is 0 Å². The van der Waals surface area contributed by atoms with Gasteiger partial charge in [-0.3, -0.25) is 0 Å². The highest BCUT2D eigenvalue weighted by Crippen LogP contribution is 2.38. The van der Waals surface area contributed by atoms with Crippen LogP contribution in [0.15, 0.2) is 22.7 Å². The van der Waals surface area contributed by atoms with Crippen LogP contribution < -0.4 is 0 Å². The molecule has 1 aromatic heterocycles. The van der Waals surface area contributed by atoms with Gasteiger partial charge < -0.3 is 4.57 Å². The van der Waals surface area contributed by atoms with Crippen LogP contribution in [0.5, 0.6) is 0 Å². The molecule has 0 saturated heterocycles. The van der Waals surface area contributed by atoms with Crippen LogP contribution in [0.4, 0.5) is 0 Å². The lowest BCUT2D eigenvalue weighted by atomic mass is 9.75. The van der Waals surface area contributed by atoms with Gasteiger partial charge in [0.1, 0.15) is 5.82 Å². The molecule has 1 aliphatic carbocycles. The van der Waals surface area contributed by atoms with Crippen molar-refractivity contribution >= 4 is 38.6 Å². The SMILES string of the molecule is CC1(Cn2c(CCl)nc3ccc(Br)cc32)CCCCC1. The van der Waals surface area contributed by atoms with Gasteiger partial charge in [0.05, 0.1) is 16.9 Å². The van der Waals surface area contributed by atoms with Crippen molar-refractivity contribution in [2.75, 3.05) is 0 Å². The smallest absolute Gasteiger partial charge is 0.124 e. The lowest BCUT2D eigenvalue weighted by Gasteiger charge is -2.34. The number of imidazole rings is 1. The van der Waals surface area contributed by atoms with Crippen LogP contribution in [-0.4, -0.2) is 9.55 Å². The molecule has 0 aliphatic heterocycles. The molecule has 1 heterocycles. The van der Waals surface area contributed by atoms with E-state index in [0.29, 0.717) is 11.3 Å². The van der Waals surface area contributed by atoms with E-state index in [2.05, 4.69) is 44.5 Å². The van der Waals surface area contributed by atoms with Crippen molar-refractivity contribution in [3.63, 3.8) is 0 Å². The fourth-order valence-corrected chi connectivity index (χ4v) is 3.92. The van der Waals surface area contributed by atoms with Crippen molar-refractivity contribution in [2.45, 2.75) is 51.5 Å². The Hall–Kier alpha value is -0.540. The van der Waals surface area contributed by atoms with E-state index in [1.165, 1.54) is 37.6 Å². The monoisotopic (exact) mass is 354 g/mol. The molecule has 108 valence electrons. The summed E-state index contributed by atoms with van der Waals surface area (Å²) in [5.74, 6) is 1.47. The number of aromatic nitrogens is 2. The zero-order chi connectivity index (χ0) is 14.2. The van der Waals surface area contributed by atoms with Gasteiger partial charge in [-0.2, -0.15) is 0 Å². The first-order valence-electron chi connectivity index (χ1n) is 7.32. The first kappa shape index (κ1) is 14.4. The first-order valence-corrected chi connectivity index (χ1v) is 8.65. The van der Waals surface area contributed by atoms with E-state index in [0.717, 1.165) is 22.4 Å². The molecule has 0 N–H and O–H groups in total. The number of nitrogens with zero attached hydrogens (tertiary/aromatic N) is 2. The van der Waals surface area contributed by atoms with Crippen molar-refractivity contribution in [2.24, 2.45) is 5.41 Å². The molecule has 0 spiro atoms. The number of fused-ring (bicyclic) bond motifs is 1. The van der Waals surface area contributed by atoms with E-state index in [9.17, 15) is 0 Å². The molecule has 0 radical (unpaired) electrons. The average Bonchev–Trinajstić information content (AvgIpc) is 2.77. The van der Waals surface area contributed by atoms with E-state index in [1.54, 1.807) is 0 Å². The van der Waals surface area contributed by atoms with E-state index in [1.807, 2.05) is 6.07 Å². The first-order chi connectivity index (χ1) is 9.61.